The lowest BCUT2D eigenvalue weighted by molar-refractivity contribution is 0.515. The van der Waals surface area contributed by atoms with E-state index in [1.54, 1.807) is 0 Å². The highest BCUT2D eigenvalue weighted by Gasteiger charge is 2.20. The fourth-order valence-electron chi connectivity index (χ4n) is 2.92. The maximum absolute atomic E-state index is 4.35. The number of nitrogens with one attached hydrogen (secondary N) is 1. The monoisotopic (exact) mass is 284 g/mol. The van der Waals surface area contributed by atoms with Crippen LogP contribution < -0.4 is 5.32 Å². The van der Waals surface area contributed by atoms with E-state index in [4.69, 9.17) is 0 Å². The van der Waals surface area contributed by atoms with E-state index >= 15 is 0 Å². The average molecular weight is 284 g/mol. The summed E-state index contributed by atoms with van der Waals surface area (Å²) in [7, 11) is 0. The molecular weight excluding hydrogens is 260 g/mol. The van der Waals surface area contributed by atoms with Crippen molar-refractivity contribution in [2.45, 2.75) is 58.7 Å². The van der Waals surface area contributed by atoms with Gasteiger partial charge >= 0.3 is 0 Å². The number of aryl methyl sites for hydroxylation is 1. The van der Waals surface area contributed by atoms with Crippen molar-refractivity contribution >= 4 is 0 Å². The lowest BCUT2D eigenvalue weighted by Gasteiger charge is -2.15. The van der Waals surface area contributed by atoms with Crippen LogP contribution in [0.4, 0.5) is 0 Å². The van der Waals surface area contributed by atoms with Gasteiger partial charge in [-0.15, -0.1) is 10.2 Å². The first kappa shape index (κ1) is 14.3. The van der Waals surface area contributed by atoms with Crippen LogP contribution in [-0.2, 0) is 19.5 Å². The second-order valence-corrected chi connectivity index (χ2v) is 6.23. The molecule has 2 heterocycles. The Balaban J connectivity index is 1.65. The maximum Gasteiger partial charge on any atom is 0.149 e. The standard InChI is InChI=1S/C17H24N4/c1-12(2)15-7-4-6-14(10-15)11-18-13(3)17-20-19-16-8-5-9-21(16)17/h4,6-7,10,12-13,18H,5,8-9,11H2,1-3H3. The van der Waals surface area contributed by atoms with Crippen molar-refractivity contribution in [3.8, 4) is 0 Å². The Morgan fingerprint density at radius 1 is 1.24 bits per heavy atom. The molecule has 0 radical (unpaired) electrons. The van der Waals surface area contributed by atoms with E-state index in [0.717, 1.165) is 31.2 Å². The normalized spacial score (nSPS) is 15.4. The molecule has 2 aromatic rings. The molecule has 0 saturated heterocycles. The largest absolute Gasteiger partial charge is 0.314 e. The summed E-state index contributed by atoms with van der Waals surface area (Å²) in [5.74, 6) is 2.78. The van der Waals surface area contributed by atoms with Gasteiger partial charge in [-0.05, 0) is 30.4 Å². The lowest BCUT2D eigenvalue weighted by atomic mass is 10.0. The third-order valence-electron chi connectivity index (χ3n) is 4.26. The number of fused-ring (bicyclic) bond motifs is 1. The number of hydrogen-bond donors (Lipinski definition) is 1. The van der Waals surface area contributed by atoms with Crippen LogP contribution in [0.25, 0.3) is 0 Å². The van der Waals surface area contributed by atoms with Crippen LogP contribution in [0.15, 0.2) is 24.3 Å². The molecule has 0 bridgehead atoms. The van der Waals surface area contributed by atoms with E-state index < -0.39 is 0 Å². The van der Waals surface area contributed by atoms with Crippen LogP contribution in [0.5, 0.6) is 0 Å². The highest BCUT2D eigenvalue weighted by Crippen LogP contribution is 2.20. The summed E-state index contributed by atoms with van der Waals surface area (Å²) < 4.78 is 2.27. The number of rotatable bonds is 5. The Labute approximate surface area is 126 Å². The fourth-order valence-corrected chi connectivity index (χ4v) is 2.92. The fraction of sp³-hybridized carbons (Fsp3) is 0.529. The zero-order valence-electron chi connectivity index (χ0n) is 13.1. The van der Waals surface area contributed by atoms with Crippen LogP contribution in [0.2, 0.25) is 0 Å². The Kier molecular flexibility index (Phi) is 4.06. The summed E-state index contributed by atoms with van der Waals surface area (Å²) in [6.45, 7) is 8.56. The minimum absolute atomic E-state index is 0.229. The molecule has 21 heavy (non-hydrogen) atoms. The molecular formula is C17H24N4. The van der Waals surface area contributed by atoms with Crippen molar-refractivity contribution in [2.75, 3.05) is 0 Å². The predicted molar refractivity (Wildman–Crippen MR) is 84.1 cm³/mol. The summed E-state index contributed by atoms with van der Waals surface area (Å²) in [6.07, 6.45) is 2.26. The number of hydrogen-bond acceptors (Lipinski definition) is 3. The number of benzene rings is 1. The molecule has 1 aliphatic rings. The highest BCUT2D eigenvalue weighted by atomic mass is 15.3. The minimum atomic E-state index is 0.229. The lowest BCUT2D eigenvalue weighted by Crippen LogP contribution is -2.21. The molecule has 112 valence electrons. The zero-order chi connectivity index (χ0) is 14.8. The van der Waals surface area contributed by atoms with E-state index in [1.807, 2.05) is 0 Å². The van der Waals surface area contributed by atoms with Gasteiger partial charge in [0.25, 0.3) is 0 Å². The van der Waals surface area contributed by atoms with Gasteiger partial charge in [-0.25, -0.2) is 0 Å². The molecule has 1 aromatic carbocycles. The van der Waals surface area contributed by atoms with Crippen molar-refractivity contribution < 1.29 is 0 Å². The Bertz CT molecular complexity index is 615. The summed E-state index contributed by atoms with van der Waals surface area (Å²) in [5, 5.41) is 12.2. The zero-order valence-corrected chi connectivity index (χ0v) is 13.1. The molecule has 1 unspecified atom stereocenters. The maximum atomic E-state index is 4.35. The van der Waals surface area contributed by atoms with E-state index in [9.17, 15) is 0 Å². The van der Waals surface area contributed by atoms with Crippen LogP contribution in [0, 0.1) is 0 Å². The molecule has 0 amide bonds. The Hall–Kier alpha value is -1.68. The Morgan fingerprint density at radius 3 is 2.90 bits per heavy atom. The molecule has 1 aliphatic heterocycles. The van der Waals surface area contributed by atoms with Crippen molar-refractivity contribution in [3.05, 3.63) is 47.0 Å². The molecule has 3 rings (SSSR count). The van der Waals surface area contributed by atoms with Gasteiger partial charge in [0.05, 0.1) is 6.04 Å². The Morgan fingerprint density at radius 2 is 2.10 bits per heavy atom. The van der Waals surface area contributed by atoms with Crippen molar-refractivity contribution in [1.82, 2.24) is 20.1 Å². The van der Waals surface area contributed by atoms with E-state index in [2.05, 4.69) is 65.1 Å². The first-order valence-corrected chi connectivity index (χ1v) is 7.89. The third kappa shape index (κ3) is 3.00. The van der Waals surface area contributed by atoms with E-state index in [0.29, 0.717) is 5.92 Å². The van der Waals surface area contributed by atoms with Gasteiger partial charge in [-0.1, -0.05) is 38.1 Å². The second kappa shape index (κ2) is 5.98. The second-order valence-electron chi connectivity index (χ2n) is 6.23. The van der Waals surface area contributed by atoms with Gasteiger partial charge in [0, 0.05) is 19.5 Å². The highest BCUT2D eigenvalue weighted by molar-refractivity contribution is 5.25. The van der Waals surface area contributed by atoms with Crippen molar-refractivity contribution in [2.24, 2.45) is 0 Å². The van der Waals surface area contributed by atoms with E-state index in [1.165, 1.54) is 17.5 Å². The smallest absolute Gasteiger partial charge is 0.149 e. The average Bonchev–Trinajstić information content (AvgIpc) is 3.07. The summed E-state index contributed by atoms with van der Waals surface area (Å²) in [5.41, 5.74) is 2.72. The van der Waals surface area contributed by atoms with Crippen LogP contribution in [0.3, 0.4) is 0 Å². The minimum Gasteiger partial charge on any atom is -0.314 e. The number of nitrogens with zero attached hydrogens (tertiary/aromatic N) is 3. The van der Waals surface area contributed by atoms with Gasteiger partial charge in [0.2, 0.25) is 0 Å². The third-order valence-corrected chi connectivity index (χ3v) is 4.26. The quantitative estimate of drug-likeness (QED) is 0.917. The number of aromatic nitrogens is 3. The SMILES string of the molecule is CC(C)c1cccc(CNC(C)c2nnc3n2CCC3)c1. The summed E-state index contributed by atoms with van der Waals surface area (Å²) in [6, 6.07) is 9.04. The van der Waals surface area contributed by atoms with Gasteiger partial charge in [-0.3, -0.25) is 0 Å². The molecule has 0 fully saturated rings. The van der Waals surface area contributed by atoms with E-state index in [-0.39, 0.29) is 6.04 Å². The van der Waals surface area contributed by atoms with Crippen molar-refractivity contribution in [1.29, 1.82) is 0 Å². The summed E-state index contributed by atoms with van der Waals surface area (Å²) in [4.78, 5) is 0. The molecule has 1 atom stereocenters. The van der Waals surface area contributed by atoms with Gasteiger partial charge < -0.3 is 9.88 Å². The van der Waals surface area contributed by atoms with Gasteiger partial charge in [0.15, 0.2) is 0 Å². The predicted octanol–water partition coefficient (Wildman–Crippen LogP) is 3.20. The molecule has 0 saturated carbocycles. The molecule has 1 aromatic heterocycles. The topological polar surface area (TPSA) is 42.7 Å². The van der Waals surface area contributed by atoms with Crippen LogP contribution in [0.1, 0.15) is 61.9 Å². The van der Waals surface area contributed by atoms with Crippen LogP contribution in [-0.4, -0.2) is 14.8 Å². The first-order valence-electron chi connectivity index (χ1n) is 7.89. The van der Waals surface area contributed by atoms with Gasteiger partial charge in [0.1, 0.15) is 11.6 Å². The molecule has 1 N–H and O–H groups in total. The molecule has 0 aliphatic carbocycles. The molecule has 4 nitrogen and oxygen atoms in total. The summed E-state index contributed by atoms with van der Waals surface area (Å²) >= 11 is 0. The van der Waals surface area contributed by atoms with Gasteiger partial charge in [-0.2, -0.15) is 0 Å². The molecule has 0 spiro atoms. The first-order chi connectivity index (χ1) is 10.1. The van der Waals surface area contributed by atoms with Crippen LogP contribution >= 0.6 is 0 Å². The molecule has 4 heteroatoms. The van der Waals surface area contributed by atoms with Crippen molar-refractivity contribution in [3.63, 3.8) is 0 Å².